The molecule has 1 atom stereocenters. The number of rotatable bonds is 8. The van der Waals surface area contributed by atoms with Gasteiger partial charge in [0.2, 0.25) is 0 Å². The summed E-state index contributed by atoms with van der Waals surface area (Å²) in [7, 11) is 0. The van der Waals surface area contributed by atoms with E-state index in [2.05, 4.69) is 17.3 Å². The molecule has 1 saturated carbocycles. The predicted octanol–water partition coefficient (Wildman–Crippen LogP) is 2.72. The van der Waals surface area contributed by atoms with Gasteiger partial charge in [0.25, 0.3) is 0 Å². The normalized spacial score (nSPS) is 17.4. The quantitative estimate of drug-likeness (QED) is 0.810. The monoisotopic (exact) mass is 285 g/mol. The van der Waals surface area contributed by atoms with Gasteiger partial charge in [-0.2, -0.15) is 5.10 Å². The van der Waals surface area contributed by atoms with E-state index in [1.807, 2.05) is 53.5 Å². The highest BCUT2D eigenvalue weighted by atomic mass is 16.5. The molecular formula is C17H23N3O. The first kappa shape index (κ1) is 14.1. The lowest BCUT2D eigenvalue weighted by atomic mass is 10.1. The molecule has 0 radical (unpaired) electrons. The molecule has 1 aliphatic rings. The number of benzene rings is 1. The second-order valence-electron chi connectivity index (χ2n) is 6.11. The summed E-state index contributed by atoms with van der Waals surface area (Å²) >= 11 is 0. The lowest BCUT2D eigenvalue weighted by Crippen LogP contribution is -2.37. The van der Waals surface area contributed by atoms with E-state index >= 15 is 0 Å². The van der Waals surface area contributed by atoms with Crippen molar-refractivity contribution in [2.75, 3.05) is 13.2 Å². The summed E-state index contributed by atoms with van der Waals surface area (Å²) in [4.78, 5) is 0. The molecular weight excluding hydrogens is 262 g/mol. The van der Waals surface area contributed by atoms with Crippen LogP contribution < -0.4 is 10.1 Å². The van der Waals surface area contributed by atoms with Crippen LogP contribution in [-0.4, -0.2) is 29.0 Å². The van der Waals surface area contributed by atoms with Crippen LogP contribution >= 0.6 is 0 Å². The number of para-hydroxylation sites is 1. The highest BCUT2D eigenvalue weighted by molar-refractivity contribution is 5.20. The van der Waals surface area contributed by atoms with Crippen molar-refractivity contribution in [1.82, 2.24) is 15.1 Å². The molecule has 0 saturated heterocycles. The molecule has 0 bridgehead atoms. The topological polar surface area (TPSA) is 39.1 Å². The summed E-state index contributed by atoms with van der Waals surface area (Å²) in [5.41, 5.74) is 0.396. The molecule has 1 heterocycles. The lowest BCUT2D eigenvalue weighted by Gasteiger charge is -2.20. The van der Waals surface area contributed by atoms with E-state index in [1.54, 1.807) is 0 Å². The van der Waals surface area contributed by atoms with Gasteiger partial charge in [0.1, 0.15) is 12.4 Å². The van der Waals surface area contributed by atoms with Crippen LogP contribution in [0.2, 0.25) is 0 Å². The molecule has 2 aromatic rings. The van der Waals surface area contributed by atoms with Crippen molar-refractivity contribution in [3.05, 3.63) is 48.8 Å². The Hall–Kier alpha value is -1.81. The molecule has 1 N–H and O–H groups in total. The number of nitrogens with one attached hydrogen (secondary N) is 1. The number of hydrogen-bond donors (Lipinski definition) is 1. The third kappa shape index (κ3) is 4.08. The van der Waals surface area contributed by atoms with E-state index in [0.717, 1.165) is 18.8 Å². The van der Waals surface area contributed by atoms with Crippen molar-refractivity contribution < 1.29 is 4.74 Å². The van der Waals surface area contributed by atoms with Gasteiger partial charge in [-0.15, -0.1) is 0 Å². The first-order chi connectivity index (χ1) is 10.3. The minimum absolute atomic E-state index is 0.348. The van der Waals surface area contributed by atoms with Crippen LogP contribution in [0.15, 0.2) is 48.8 Å². The van der Waals surface area contributed by atoms with Crippen molar-refractivity contribution in [1.29, 1.82) is 0 Å². The summed E-state index contributed by atoms with van der Waals surface area (Å²) in [6.45, 7) is 4.92. The average Bonchev–Trinajstić information content (AvgIpc) is 3.08. The van der Waals surface area contributed by atoms with Gasteiger partial charge in [0.15, 0.2) is 0 Å². The maximum Gasteiger partial charge on any atom is 0.119 e. The van der Waals surface area contributed by atoms with E-state index in [4.69, 9.17) is 4.74 Å². The standard InChI is InChI=1S/C17H23N3O/c1-15(12-21-16-6-3-2-4-7-16)18-13-17(8-9-17)14-20-11-5-10-19-20/h2-7,10-11,15,18H,8-9,12-14H2,1H3/t15-/m0/s1. The SMILES string of the molecule is C[C@@H](COc1ccccc1)NCC1(Cn2cccn2)CC1. The molecule has 0 aliphatic heterocycles. The highest BCUT2D eigenvalue weighted by Gasteiger charge is 2.42. The lowest BCUT2D eigenvalue weighted by molar-refractivity contribution is 0.258. The third-order valence-corrected chi connectivity index (χ3v) is 4.08. The van der Waals surface area contributed by atoms with Gasteiger partial charge in [-0.25, -0.2) is 0 Å². The Labute approximate surface area is 126 Å². The van der Waals surface area contributed by atoms with E-state index < -0.39 is 0 Å². The van der Waals surface area contributed by atoms with Gasteiger partial charge < -0.3 is 10.1 Å². The Kier molecular flexibility index (Phi) is 4.25. The first-order valence-electron chi connectivity index (χ1n) is 7.64. The smallest absolute Gasteiger partial charge is 0.119 e. The fraction of sp³-hybridized carbons (Fsp3) is 0.471. The number of nitrogens with zero attached hydrogens (tertiary/aromatic N) is 2. The minimum Gasteiger partial charge on any atom is -0.492 e. The van der Waals surface area contributed by atoms with Crippen LogP contribution in [0.4, 0.5) is 0 Å². The van der Waals surface area contributed by atoms with Crippen LogP contribution in [0.1, 0.15) is 19.8 Å². The fourth-order valence-corrected chi connectivity index (χ4v) is 2.49. The molecule has 1 aromatic heterocycles. The Morgan fingerprint density at radius 2 is 2.10 bits per heavy atom. The van der Waals surface area contributed by atoms with E-state index in [9.17, 15) is 0 Å². The molecule has 4 heteroatoms. The predicted molar refractivity (Wildman–Crippen MR) is 83.3 cm³/mol. The van der Waals surface area contributed by atoms with Gasteiger partial charge >= 0.3 is 0 Å². The molecule has 1 aromatic carbocycles. The van der Waals surface area contributed by atoms with Crippen LogP contribution in [0.3, 0.4) is 0 Å². The van der Waals surface area contributed by atoms with Crippen molar-refractivity contribution in [2.24, 2.45) is 5.41 Å². The Morgan fingerprint density at radius 3 is 2.76 bits per heavy atom. The number of ether oxygens (including phenoxy) is 1. The molecule has 1 fully saturated rings. The van der Waals surface area contributed by atoms with Gasteiger partial charge in [-0.05, 0) is 38.0 Å². The number of hydrogen-bond acceptors (Lipinski definition) is 3. The van der Waals surface area contributed by atoms with E-state index in [0.29, 0.717) is 18.1 Å². The minimum atomic E-state index is 0.348. The summed E-state index contributed by atoms with van der Waals surface area (Å²) < 4.78 is 7.82. The van der Waals surface area contributed by atoms with Crippen molar-refractivity contribution in [3.8, 4) is 5.75 Å². The summed E-state index contributed by atoms with van der Waals surface area (Å²) in [5, 5.41) is 7.91. The Morgan fingerprint density at radius 1 is 1.29 bits per heavy atom. The molecule has 4 nitrogen and oxygen atoms in total. The van der Waals surface area contributed by atoms with Gasteiger partial charge in [-0.1, -0.05) is 18.2 Å². The summed E-state index contributed by atoms with van der Waals surface area (Å²) in [5.74, 6) is 0.934. The zero-order valence-corrected chi connectivity index (χ0v) is 12.5. The average molecular weight is 285 g/mol. The second-order valence-corrected chi connectivity index (χ2v) is 6.11. The van der Waals surface area contributed by atoms with Gasteiger partial charge in [0, 0.05) is 36.9 Å². The van der Waals surface area contributed by atoms with Crippen molar-refractivity contribution in [3.63, 3.8) is 0 Å². The molecule has 0 unspecified atom stereocenters. The molecule has 1 aliphatic carbocycles. The molecule has 21 heavy (non-hydrogen) atoms. The zero-order chi connectivity index (χ0) is 14.5. The molecule has 3 rings (SSSR count). The molecule has 0 spiro atoms. The fourth-order valence-electron chi connectivity index (χ4n) is 2.49. The van der Waals surface area contributed by atoms with E-state index in [1.165, 1.54) is 12.8 Å². The second kappa shape index (κ2) is 6.31. The maximum absolute atomic E-state index is 5.78. The van der Waals surface area contributed by atoms with Crippen molar-refractivity contribution in [2.45, 2.75) is 32.4 Å². The largest absolute Gasteiger partial charge is 0.492 e. The zero-order valence-electron chi connectivity index (χ0n) is 12.5. The van der Waals surface area contributed by atoms with Crippen molar-refractivity contribution >= 4 is 0 Å². The Balaban J connectivity index is 1.40. The highest BCUT2D eigenvalue weighted by Crippen LogP contribution is 2.46. The van der Waals surface area contributed by atoms with Gasteiger partial charge in [0.05, 0.1) is 0 Å². The summed E-state index contributed by atoms with van der Waals surface area (Å²) in [6.07, 6.45) is 6.46. The first-order valence-corrected chi connectivity index (χ1v) is 7.64. The van der Waals surface area contributed by atoms with Crippen LogP contribution in [0, 0.1) is 5.41 Å². The van der Waals surface area contributed by atoms with E-state index in [-0.39, 0.29) is 0 Å². The van der Waals surface area contributed by atoms with Crippen LogP contribution in [0.25, 0.3) is 0 Å². The van der Waals surface area contributed by atoms with Gasteiger partial charge in [-0.3, -0.25) is 4.68 Å². The number of aromatic nitrogens is 2. The van der Waals surface area contributed by atoms with Crippen LogP contribution in [0.5, 0.6) is 5.75 Å². The molecule has 112 valence electrons. The maximum atomic E-state index is 5.78. The summed E-state index contributed by atoms with van der Waals surface area (Å²) in [6, 6.07) is 12.3. The van der Waals surface area contributed by atoms with Crippen LogP contribution in [-0.2, 0) is 6.54 Å². The molecule has 0 amide bonds. The third-order valence-electron chi connectivity index (χ3n) is 4.08. The Bertz CT molecular complexity index is 534.